The summed E-state index contributed by atoms with van der Waals surface area (Å²) in [6.45, 7) is 1.95. The maximum absolute atomic E-state index is 5.82. The van der Waals surface area contributed by atoms with E-state index in [1.165, 1.54) is 11.8 Å². The first-order chi connectivity index (χ1) is 14.6. The minimum absolute atomic E-state index is 0.140. The van der Waals surface area contributed by atoms with Crippen molar-refractivity contribution >= 4 is 11.8 Å². The van der Waals surface area contributed by atoms with Crippen LogP contribution in [0.3, 0.4) is 0 Å². The minimum Gasteiger partial charge on any atom is -0.497 e. The zero-order valence-electron chi connectivity index (χ0n) is 16.7. The standard InChI is InChI=1S/C21H20N4O4S/c1-13(19-23-24-20(29-19)15-6-10-17(27-3)11-7-15)30-21-25-22-18(28-21)12-14-4-8-16(26-2)9-5-14/h4-11,13H,12H2,1-3H3. The van der Waals surface area contributed by atoms with Crippen molar-refractivity contribution in [2.45, 2.75) is 23.8 Å². The van der Waals surface area contributed by atoms with E-state index in [0.29, 0.717) is 29.3 Å². The molecule has 9 heteroatoms. The van der Waals surface area contributed by atoms with E-state index in [9.17, 15) is 0 Å². The Bertz CT molecular complexity index is 1090. The molecular weight excluding hydrogens is 404 g/mol. The van der Waals surface area contributed by atoms with Crippen LogP contribution in [-0.2, 0) is 6.42 Å². The van der Waals surface area contributed by atoms with E-state index in [4.69, 9.17) is 18.3 Å². The monoisotopic (exact) mass is 424 g/mol. The highest BCUT2D eigenvalue weighted by molar-refractivity contribution is 7.99. The number of ether oxygens (including phenoxy) is 2. The van der Waals surface area contributed by atoms with Gasteiger partial charge in [0, 0.05) is 5.56 Å². The molecule has 0 aliphatic rings. The quantitative estimate of drug-likeness (QED) is 0.376. The summed E-state index contributed by atoms with van der Waals surface area (Å²) in [6, 6.07) is 15.2. The van der Waals surface area contributed by atoms with Crippen molar-refractivity contribution in [2.75, 3.05) is 14.2 Å². The van der Waals surface area contributed by atoms with Crippen molar-refractivity contribution < 1.29 is 18.3 Å². The van der Waals surface area contributed by atoms with Crippen LogP contribution in [-0.4, -0.2) is 34.6 Å². The van der Waals surface area contributed by atoms with Gasteiger partial charge < -0.3 is 18.3 Å². The van der Waals surface area contributed by atoms with Crippen LogP contribution >= 0.6 is 11.8 Å². The number of hydrogen-bond donors (Lipinski definition) is 0. The molecule has 2 aromatic carbocycles. The van der Waals surface area contributed by atoms with E-state index in [-0.39, 0.29) is 5.25 Å². The van der Waals surface area contributed by atoms with Gasteiger partial charge in [-0.25, -0.2) is 0 Å². The molecule has 0 amide bonds. The first kappa shape index (κ1) is 20.0. The van der Waals surface area contributed by atoms with Crippen molar-refractivity contribution in [3.8, 4) is 23.0 Å². The molecule has 0 saturated heterocycles. The van der Waals surface area contributed by atoms with Crippen LogP contribution in [0, 0.1) is 0 Å². The summed E-state index contributed by atoms with van der Waals surface area (Å²) in [5.74, 6) is 3.05. The summed E-state index contributed by atoms with van der Waals surface area (Å²) < 4.78 is 21.9. The van der Waals surface area contributed by atoms with Crippen LogP contribution < -0.4 is 9.47 Å². The van der Waals surface area contributed by atoms with Gasteiger partial charge in [-0.05, 0) is 48.9 Å². The Morgan fingerprint density at radius 3 is 2.17 bits per heavy atom. The zero-order valence-corrected chi connectivity index (χ0v) is 17.5. The molecule has 2 heterocycles. The molecule has 1 atom stereocenters. The maximum Gasteiger partial charge on any atom is 0.277 e. The topological polar surface area (TPSA) is 96.3 Å². The summed E-state index contributed by atoms with van der Waals surface area (Å²) in [7, 11) is 3.26. The molecule has 0 bridgehead atoms. The van der Waals surface area contributed by atoms with Gasteiger partial charge in [-0.1, -0.05) is 23.9 Å². The highest BCUT2D eigenvalue weighted by atomic mass is 32.2. The first-order valence-electron chi connectivity index (χ1n) is 9.24. The molecule has 4 rings (SSSR count). The highest BCUT2D eigenvalue weighted by Gasteiger charge is 2.19. The molecule has 0 N–H and O–H groups in total. The van der Waals surface area contributed by atoms with Crippen LogP contribution in [0.2, 0.25) is 0 Å². The zero-order chi connectivity index (χ0) is 20.9. The largest absolute Gasteiger partial charge is 0.497 e. The van der Waals surface area contributed by atoms with E-state index in [1.807, 2.05) is 55.5 Å². The van der Waals surface area contributed by atoms with Gasteiger partial charge in [0.2, 0.25) is 17.7 Å². The second kappa shape index (κ2) is 9.00. The van der Waals surface area contributed by atoms with E-state index >= 15 is 0 Å². The number of nitrogens with zero attached hydrogens (tertiary/aromatic N) is 4. The summed E-state index contributed by atoms with van der Waals surface area (Å²) in [6.07, 6.45) is 0.550. The van der Waals surface area contributed by atoms with Gasteiger partial charge in [-0.2, -0.15) is 0 Å². The van der Waals surface area contributed by atoms with Gasteiger partial charge in [0.05, 0.1) is 25.9 Å². The normalized spacial score (nSPS) is 12.0. The number of hydrogen-bond acceptors (Lipinski definition) is 9. The predicted octanol–water partition coefficient (Wildman–Crippen LogP) is 4.58. The summed E-state index contributed by atoms with van der Waals surface area (Å²) in [5, 5.41) is 16.8. The van der Waals surface area contributed by atoms with Gasteiger partial charge in [-0.15, -0.1) is 20.4 Å². The van der Waals surface area contributed by atoms with Crippen molar-refractivity contribution in [1.29, 1.82) is 0 Å². The van der Waals surface area contributed by atoms with Gasteiger partial charge in [0.15, 0.2) is 0 Å². The van der Waals surface area contributed by atoms with Gasteiger partial charge >= 0.3 is 0 Å². The molecule has 0 fully saturated rings. The van der Waals surface area contributed by atoms with Gasteiger partial charge in [-0.3, -0.25) is 0 Å². The molecule has 2 aromatic heterocycles. The fraction of sp³-hybridized carbons (Fsp3) is 0.238. The second-order valence-corrected chi connectivity index (χ2v) is 7.71. The second-order valence-electron chi connectivity index (χ2n) is 6.42. The Labute approximate surface area is 177 Å². The SMILES string of the molecule is COc1ccc(Cc2nnc(SC(C)c3nnc(-c4ccc(OC)cc4)o3)o2)cc1. The number of aromatic nitrogens is 4. The van der Waals surface area contributed by atoms with Crippen molar-refractivity contribution in [1.82, 2.24) is 20.4 Å². The molecule has 0 spiro atoms. The molecular formula is C21H20N4O4S. The Kier molecular flexibility index (Phi) is 5.99. The summed E-state index contributed by atoms with van der Waals surface area (Å²) >= 11 is 1.37. The Morgan fingerprint density at radius 2 is 1.50 bits per heavy atom. The third kappa shape index (κ3) is 4.62. The number of thioether (sulfide) groups is 1. The van der Waals surface area contributed by atoms with E-state index < -0.39 is 0 Å². The van der Waals surface area contributed by atoms with Gasteiger partial charge in [0.25, 0.3) is 5.22 Å². The van der Waals surface area contributed by atoms with Gasteiger partial charge in [0.1, 0.15) is 11.5 Å². The molecule has 0 radical (unpaired) electrons. The van der Waals surface area contributed by atoms with Crippen LogP contribution in [0.15, 0.2) is 62.6 Å². The smallest absolute Gasteiger partial charge is 0.277 e. The molecule has 30 heavy (non-hydrogen) atoms. The van der Waals surface area contributed by atoms with E-state index in [2.05, 4.69) is 20.4 Å². The lowest BCUT2D eigenvalue weighted by Gasteiger charge is -2.02. The van der Waals surface area contributed by atoms with Crippen LogP contribution in [0.25, 0.3) is 11.5 Å². The highest BCUT2D eigenvalue weighted by Crippen LogP contribution is 2.34. The summed E-state index contributed by atoms with van der Waals surface area (Å²) in [5.41, 5.74) is 1.89. The lowest BCUT2D eigenvalue weighted by molar-refractivity contribution is 0.413. The molecule has 8 nitrogen and oxygen atoms in total. The molecule has 0 saturated carbocycles. The van der Waals surface area contributed by atoms with E-state index in [0.717, 1.165) is 22.6 Å². The third-order valence-corrected chi connectivity index (χ3v) is 5.29. The summed E-state index contributed by atoms with van der Waals surface area (Å²) in [4.78, 5) is 0. The average Bonchev–Trinajstić information content (AvgIpc) is 3.44. The predicted molar refractivity (Wildman–Crippen MR) is 111 cm³/mol. The number of methoxy groups -OCH3 is 2. The van der Waals surface area contributed by atoms with Crippen molar-refractivity contribution in [2.24, 2.45) is 0 Å². The Balaban J connectivity index is 1.39. The fourth-order valence-electron chi connectivity index (χ4n) is 2.73. The van der Waals surface area contributed by atoms with Crippen molar-refractivity contribution in [3.05, 3.63) is 65.9 Å². The molecule has 154 valence electrons. The molecule has 0 aliphatic heterocycles. The fourth-order valence-corrected chi connectivity index (χ4v) is 3.46. The third-order valence-electron chi connectivity index (χ3n) is 4.37. The molecule has 4 aromatic rings. The van der Waals surface area contributed by atoms with Crippen molar-refractivity contribution in [3.63, 3.8) is 0 Å². The Morgan fingerprint density at radius 1 is 0.833 bits per heavy atom. The average molecular weight is 424 g/mol. The first-order valence-corrected chi connectivity index (χ1v) is 10.1. The number of rotatable bonds is 8. The minimum atomic E-state index is -0.140. The van der Waals surface area contributed by atoms with Crippen LogP contribution in [0.1, 0.15) is 29.5 Å². The Hall–Kier alpha value is -3.33. The van der Waals surface area contributed by atoms with Crippen LogP contribution in [0.4, 0.5) is 0 Å². The number of benzene rings is 2. The maximum atomic E-state index is 5.82. The molecule has 0 aliphatic carbocycles. The van der Waals surface area contributed by atoms with E-state index in [1.54, 1.807) is 14.2 Å². The van der Waals surface area contributed by atoms with Crippen LogP contribution in [0.5, 0.6) is 11.5 Å². The lowest BCUT2D eigenvalue weighted by atomic mass is 10.1. The lowest BCUT2D eigenvalue weighted by Crippen LogP contribution is -1.89. The molecule has 1 unspecified atom stereocenters.